The molecule has 0 spiro atoms. The maximum absolute atomic E-state index is 11.5. The van der Waals surface area contributed by atoms with E-state index in [9.17, 15) is 9.59 Å². The summed E-state index contributed by atoms with van der Waals surface area (Å²) in [7, 11) is 1.59. The zero-order valence-corrected chi connectivity index (χ0v) is 10.3. The van der Waals surface area contributed by atoms with Gasteiger partial charge < -0.3 is 4.74 Å². The Balaban J connectivity index is 3.19. The van der Waals surface area contributed by atoms with Crippen LogP contribution in [0, 0.1) is 0 Å². The van der Waals surface area contributed by atoms with Crippen LogP contribution in [0.1, 0.15) is 34.8 Å². The quantitative estimate of drug-likeness (QED) is 0.620. The summed E-state index contributed by atoms with van der Waals surface area (Å²) in [4.78, 5) is 22.7. The maximum atomic E-state index is 11.5. The number of hydrogen-bond donors (Lipinski definition) is 0. The van der Waals surface area contributed by atoms with E-state index in [4.69, 9.17) is 4.74 Å². The average Bonchev–Trinajstić information content (AvgIpc) is 2.42. The Kier molecular flexibility index (Phi) is 3.62. The normalized spacial score (nSPS) is 10.1. The molecule has 0 bridgehead atoms. The first kappa shape index (κ1) is 11.9. The molecular formula is C9H11BrN2O3. The predicted octanol–water partition coefficient (Wildman–Crippen LogP) is 1.56. The molecule has 0 aliphatic heterocycles. The van der Waals surface area contributed by atoms with Crippen molar-refractivity contribution in [3.63, 3.8) is 0 Å². The van der Waals surface area contributed by atoms with Gasteiger partial charge in [0, 0.05) is 14.0 Å². The number of ketones is 1. The highest BCUT2D eigenvalue weighted by Gasteiger charge is 2.23. The highest BCUT2D eigenvalue weighted by molar-refractivity contribution is 9.10. The van der Waals surface area contributed by atoms with Crippen LogP contribution in [-0.4, -0.2) is 28.1 Å². The maximum Gasteiger partial charge on any atom is 0.357 e. The summed E-state index contributed by atoms with van der Waals surface area (Å²) < 4.78 is 6.56. The third-order valence-electron chi connectivity index (χ3n) is 1.79. The van der Waals surface area contributed by atoms with Crippen LogP contribution < -0.4 is 0 Å². The fraction of sp³-hybridized carbons (Fsp3) is 0.444. The molecule has 0 aliphatic carbocycles. The van der Waals surface area contributed by atoms with Gasteiger partial charge in [0.15, 0.2) is 11.5 Å². The van der Waals surface area contributed by atoms with Gasteiger partial charge in [0.1, 0.15) is 5.69 Å². The lowest BCUT2D eigenvalue weighted by Crippen LogP contribution is -2.10. The largest absolute Gasteiger partial charge is 0.461 e. The number of nitrogens with zero attached hydrogens (tertiary/aromatic N) is 2. The van der Waals surface area contributed by atoms with Crippen molar-refractivity contribution in [3.05, 3.63) is 15.9 Å². The van der Waals surface area contributed by atoms with Crippen LogP contribution in [0.15, 0.2) is 4.47 Å². The summed E-state index contributed by atoms with van der Waals surface area (Å²) in [6, 6.07) is 0. The SMILES string of the molecule is CCOC(=O)c1c(Br)c(C(C)=O)nn1C. The molecule has 0 saturated heterocycles. The molecule has 0 fully saturated rings. The fourth-order valence-electron chi connectivity index (χ4n) is 1.14. The number of carbonyl (C=O) groups is 2. The third-order valence-corrected chi connectivity index (χ3v) is 2.54. The molecule has 0 aliphatic rings. The number of esters is 1. The Hall–Kier alpha value is -1.17. The standard InChI is InChI=1S/C9H11BrN2O3/c1-4-15-9(14)8-6(10)7(5(2)13)11-12(8)3/h4H2,1-3H3. The Morgan fingerprint density at radius 1 is 1.53 bits per heavy atom. The molecular weight excluding hydrogens is 264 g/mol. The van der Waals surface area contributed by atoms with Crippen molar-refractivity contribution in [2.75, 3.05) is 6.61 Å². The number of halogens is 1. The van der Waals surface area contributed by atoms with Crippen molar-refractivity contribution < 1.29 is 14.3 Å². The van der Waals surface area contributed by atoms with E-state index in [0.717, 1.165) is 0 Å². The van der Waals surface area contributed by atoms with E-state index < -0.39 is 5.97 Å². The summed E-state index contributed by atoms with van der Waals surface area (Å²) in [5.74, 6) is -0.695. The number of Topliss-reactive ketones (excluding diaryl/α,β-unsaturated/α-hetero) is 1. The molecule has 0 atom stereocenters. The molecule has 5 nitrogen and oxygen atoms in total. The Morgan fingerprint density at radius 3 is 2.53 bits per heavy atom. The van der Waals surface area contributed by atoms with Crippen LogP contribution in [0.4, 0.5) is 0 Å². The smallest absolute Gasteiger partial charge is 0.357 e. The molecule has 1 rings (SSSR count). The van der Waals surface area contributed by atoms with Crippen LogP contribution in [0.5, 0.6) is 0 Å². The summed E-state index contributed by atoms with van der Waals surface area (Å²) in [5.41, 5.74) is 0.489. The average molecular weight is 275 g/mol. The predicted molar refractivity (Wildman–Crippen MR) is 56.9 cm³/mol. The van der Waals surface area contributed by atoms with E-state index in [0.29, 0.717) is 4.47 Å². The molecule has 0 amide bonds. The van der Waals surface area contributed by atoms with Crippen LogP contribution in [0.3, 0.4) is 0 Å². The van der Waals surface area contributed by atoms with Crippen LogP contribution >= 0.6 is 15.9 Å². The molecule has 0 unspecified atom stereocenters. The number of aromatic nitrogens is 2. The fourth-order valence-corrected chi connectivity index (χ4v) is 1.92. The number of rotatable bonds is 3. The molecule has 1 aromatic rings. The van der Waals surface area contributed by atoms with Crippen molar-refractivity contribution in [2.45, 2.75) is 13.8 Å². The van der Waals surface area contributed by atoms with Gasteiger partial charge in [-0.2, -0.15) is 5.10 Å². The van der Waals surface area contributed by atoms with E-state index in [1.54, 1.807) is 14.0 Å². The molecule has 82 valence electrons. The zero-order valence-electron chi connectivity index (χ0n) is 8.70. The van der Waals surface area contributed by atoms with Crippen molar-refractivity contribution in [1.82, 2.24) is 9.78 Å². The highest BCUT2D eigenvalue weighted by Crippen LogP contribution is 2.22. The first-order valence-corrected chi connectivity index (χ1v) is 5.18. The Labute approximate surface area is 95.5 Å². The number of ether oxygens (including phenoxy) is 1. The van der Waals surface area contributed by atoms with Gasteiger partial charge in [-0.1, -0.05) is 0 Å². The van der Waals surface area contributed by atoms with Crippen molar-refractivity contribution in [2.24, 2.45) is 7.05 Å². The molecule has 0 radical (unpaired) electrons. The molecule has 1 aromatic heterocycles. The topological polar surface area (TPSA) is 61.2 Å². The lowest BCUT2D eigenvalue weighted by molar-refractivity contribution is 0.0512. The Morgan fingerprint density at radius 2 is 2.13 bits per heavy atom. The minimum Gasteiger partial charge on any atom is -0.461 e. The van der Waals surface area contributed by atoms with Crippen molar-refractivity contribution in [3.8, 4) is 0 Å². The van der Waals surface area contributed by atoms with Crippen molar-refractivity contribution in [1.29, 1.82) is 0 Å². The van der Waals surface area contributed by atoms with E-state index in [-0.39, 0.29) is 23.8 Å². The second kappa shape index (κ2) is 4.57. The minimum absolute atomic E-state index is 0.201. The van der Waals surface area contributed by atoms with Gasteiger partial charge in [-0.05, 0) is 22.9 Å². The molecule has 0 aromatic carbocycles. The lowest BCUT2D eigenvalue weighted by Gasteiger charge is -2.01. The molecule has 15 heavy (non-hydrogen) atoms. The molecule has 0 N–H and O–H groups in total. The second-order valence-corrected chi connectivity index (χ2v) is 3.70. The van der Waals surface area contributed by atoms with Gasteiger partial charge in [0.05, 0.1) is 11.1 Å². The third kappa shape index (κ3) is 2.26. The lowest BCUT2D eigenvalue weighted by atomic mass is 10.3. The summed E-state index contributed by atoms with van der Waals surface area (Å²) >= 11 is 3.17. The first-order chi connectivity index (χ1) is 6.99. The Bertz CT molecular complexity index is 412. The van der Waals surface area contributed by atoms with Gasteiger partial charge >= 0.3 is 5.97 Å². The zero-order chi connectivity index (χ0) is 11.6. The van der Waals surface area contributed by atoms with Crippen LogP contribution in [0.25, 0.3) is 0 Å². The minimum atomic E-state index is -0.494. The molecule has 6 heteroatoms. The summed E-state index contributed by atoms with van der Waals surface area (Å²) in [6.45, 7) is 3.39. The van der Waals surface area contributed by atoms with Gasteiger partial charge in [0.2, 0.25) is 0 Å². The summed E-state index contributed by atoms with van der Waals surface area (Å²) in [6.07, 6.45) is 0. The monoisotopic (exact) mass is 274 g/mol. The second-order valence-electron chi connectivity index (χ2n) is 2.91. The van der Waals surface area contributed by atoms with Crippen molar-refractivity contribution >= 4 is 27.7 Å². The number of aryl methyl sites for hydroxylation is 1. The van der Waals surface area contributed by atoms with Crippen LogP contribution in [-0.2, 0) is 11.8 Å². The van der Waals surface area contributed by atoms with Gasteiger partial charge in [0.25, 0.3) is 0 Å². The summed E-state index contributed by atoms with van der Waals surface area (Å²) in [5, 5.41) is 3.93. The molecule has 1 heterocycles. The van der Waals surface area contributed by atoms with Crippen LogP contribution in [0.2, 0.25) is 0 Å². The van der Waals surface area contributed by atoms with Gasteiger partial charge in [-0.15, -0.1) is 0 Å². The first-order valence-electron chi connectivity index (χ1n) is 4.39. The van der Waals surface area contributed by atoms with E-state index in [2.05, 4.69) is 21.0 Å². The molecule has 0 saturated carbocycles. The van der Waals surface area contributed by atoms with E-state index in [1.807, 2.05) is 0 Å². The number of carbonyl (C=O) groups excluding carboxylic acids is 2. The van der Waals surface area contributed by atoms with E-state index >= 15 is 0 Å². The number of hydrogen-bond acceptors (Lipinski definition) is 4. The van der Waals surface area contributed by atoms with E-state index in [1.165, 1.54) is 11.6 Å². The van der Waals surface area contributed by atoms with Gasteiger partial charge in [-0.25, -0.2) is 4.79 Å². The van der Waals surface area contributed by atoms with Gasteiger partial charge in [-0.3, -0.25) is 9.48 Å². The highest BCUT2D eigenvalue weighted by atomic mass is 79.9.